The lowest BCUT2D eigenvalue weighted by Crippen LogP contribution is -1.73. The standard InChI is InChI=1S/C4H11O2PS/c1-3-6-7(5)8-4-2/h7H,3-4H2,1-2H3. The Morgan fingerprint density at radius 2 is 2.25 bits per heavy atom. The molecule has 1 atom stereocenters. The van der Waals surface area contributed by atoms with Crippen LogP contribution in [0, 0.1) is 0 Å². The Kier molecular flexibility index (Phi) is 6.06. The molecule has 0 amide bonds. The van der Waals surface area contributed by atoms with Gasteiger partial charge in [-0.05, 0) is 12.7 Å². The monoisotopic (exact) mass is 154 g/mol. The molecule has 0 aliphatic heterocycles. The number of rotatable bonds is 4. The Bertz CT molecular complexity index is 68.4. The molecule has 0 saturated carbocycles. The Hall–Kier alpha value is 0.540. The third-order valence-corrected chi connectivity index (χ3v) is 3.50. The van der Waals surface area contributed by atoms with Crippen LogP contribution in [0.1, 0.15) is 13.8 Å². The van der Waals surface area contributed by atoms with Gasteiger partial charge in [0.2, 0.25) is 7.23 Å². The van der Waals surface area contributed by atoms with Gasteiger partial charge in [0, 0.05) is 0 Å². The molecule has 0 aromatic heterocycles. The molecular formula is C4H11O2PS. The molecule has 0 aliphatic carbocycles. The predicted molar refractivity (Wildman–Crippen MR) is 38.8 cm³/mol. The minimum Gasteiger partial charge on any atom is -0.323 e. The van der Waals surface area contributed by atoms with Gasteiger partial charge in [-0.3, -0.25) is 4.57 Å². The maximum Gasteiger partial charge on any atom is 0.246 e. The smallest absolute Gasteiger partial charge is 0.246 e. The number of hydrogen-bond donors (Lipinski definition) is 0. The maximum atomic E-state index is 10.6. The SMILES string of the molecule is CCO[PH](=O)SCC. The topological polar surface area (TPSA) is 26.3 Å². The number of hydrogen-bond acceptors (Lipinski definition) is 3. The van der Waals surface area contributed by atoms with Crippen LogP contribution in [0.25, 0.3) is 0 Å². The molecule has 0 aliphatic rings. The molecule has 2 nitrogen and oxygen atoms in total. The maximum absolute atomic E-state index is 10.6. The molecule has 0 N–H and O–H groups in total. The van der Waals surface area contributed by atoms with Crippen LogP contribution in [-0.2, 0) is 9.09 Å². The van der Waals surface area contributed by atoms with Crippen molar-refractivity contribution in [3.63, 3.8) is 0 Å². The Balaban J connectivity index is 3.06. The highest BCUT2D eigenvalue weighted by Gasteiger charge is 1.92. The van der Waals surface area contributed by atoms with Gasteiger partial charge in [0.25, 0.3) is 0 Å². The van der Waals surface area contributed by atoms with Crippen LogP contribution in [0.4, 0.5) is 0 Å². The summed E-state index contributed by atoms with van der Waals surface area (Å²) >= 11 is 1.38. The molecule has 0 bridgehead atoms. The fourth-order valence-corrected chi connectivity index (χ4v) is 2.14. The summed E-state index contributed by atoms with van der Waals surface area (Å²) in [6.45, 7) is 4.37. The van der Waals surface area contributed by atoms with E-state index in [-0.39, 0.29) is 0 Å². The third kappa shape index (κ3) is 4.69. The average molecular weight is 154 g/mol. The highest BCUT2D eigenvalue weighted by Crippen LogP contribution is 2.37. The van der Waals surface area contributed by atoms with E-state index in [4.69, 9.17) is 4.52 Å². The second kappa shape index (κ2) is 5.67. The van der Waals surface area contributed by atoms with Crippen molar-refractivity contribution < 1.29 is 9.09 Å². The molecule has 1 unspecified atom stereocenters. The van der Waals surface area contributed by atoms with E-state index in [0.29, 0.717) is 6.61 Å². The van der Waals surface area contributed by atoms with Crippen molar-refractivity contribution in [3.8, 4) is 0 Å². The molecule has 0 fully saturated rings. The van der Waals surface area contributed by atoms with Crippen LogP contribution < -0.4 is 0 Å². The largest absolute Gasteiger partial charge is 0.323 e. The van der Waals surface area contributed by atoms with E-state index in [9.17, 15) is 4.57 Å². The van der Waals surface area contributed by atoms with Crippen molar-refractivity contribution in [2.24, 2.45) is 0 Å². The van der Waals surface area contributed by atoms with Crippen molar-refractivity contribution in [3.05, 3.63) is 0 Å². The zero-order valence-corrected chi connectivity index (χ0v) is 6.96. The predicted octanol–water partition coefficient (Wildman–Crippen LogP) is 2.17. The van der Waals surface area contributed by atoms with E-state index in [1.54, 1.807) is 0 Å². The molecule has 50 valence electrons. The molecule has 8 heavy (non-hydrogen) atoms. The van der Waals surface area contributed by atoms with E-state index >= 15 is 0 Å². The van der Waals surface area contributed by atoms with Crippen LogP contribution >= 0.6 is 18.6 Å². The first-order valence-corrected chi connectivity index (χ1v) is 5.63. The van der Waals surface area contributed by atoms with E-state index < -0.39 is 7.23 Å². The van der Waals surface area contributed by atoms with E-state index in [1.807, 2.05) is 13.8 Å². The molecule has 0 aromatic carbocycles. The second-order valence-electron chi connectivity index (χ2n) is 1.12. The van der Waals surface area contributed by atoms with Crippen LogP contribution in [-0.4, -0.2) is 12.4 Å². The summed E-state index contributed by atoms with van der Waals surface area (Å²) in [6.07, 6.45) is 0. The minimum absolute atomic E-state index is 0.560. The van der Waals surface area contributed by atoms with Gasteiger partial charge in [0.15, 0.2) is 0 Å². The van der Waals surface area contributed by atoms with Crippen molar-refractivity contribution in [1.29, 1.82) is 0 Å². The van der Waals surface area contributed by atoms with Crippen molar-refractivity contribution >= 4 is 18.6 Å². The Labute approximate surface area is 54.6 Å². The molecule has 0 saturated heterocycles. The Morgan fingerprint density at radius 1 is 1.62 bits per heavy atom. The van der Waals surface area contributed by atoms with Gasteiger partial charge in [-0.1, -0.05) is 18.3 Å². The lowest BCUT2D eigenvalue weighted by atomic mass is 10.9. The normalized spacial score (nSPS) is 13.8. The zero-order chi connectivity index (χ0) is 6.41. The lowest BCUT2D eigenvalue weighted by Gasteiger charge is -1.95. The summed E-state index contributed by atoms with van der Waals surface area (Å²) in [7, 11) is -1.72. The lowest BCUT2D eigenvalue weighted by molar-refractivity contribution is 0.361. The van der Waals surface area contributed by atoms with Crippen molar-refractivity contribution in [2.75, 3.05) is 12.4 Å². The highest BCUT2D eigenvalue weighted by molar-refractivity contribution is 8.50. The minimum atomic E-state index is -1.72. The van der Waals surface area contributed by atoms with Crippen LogP contribution in [0.2, 0.25) is 0 Å². The van der Waals surface area contributed by atoms with Gasteiger partial charge >= 0.3 is 0 Å². The summed E-state index contributed by atoms with van der Waals surface area (Å²) in [6, 6.07) is 0. The first-order valence-electron chi connectivity index (χ1n) is 2.60. The van der Waals surface area contributed by atoms with Gasteiger partial charge < -0.3 is 4.52 Å². The quantitative estimate of drug-likeness (QED) is 0.580. The first-order chi connectivity index (χ1) is 3.81. The fourth-order valence-electron chi connectivity index (χ4n) is 0.277. The molecule has 0 spiro atoms. The fraction of sp³-hybridized carbons (Fsp3) is 1.00. The van der Waals surface area contributed by atoms with Gasteiger partial charge in [0.1, 0.15) is 0 Å². The third-order valence-electron chi connectivity index (χ3n) is 0.524. The van der Waals surface area contributed by atoms with Crippen LogP contribution in [0.15, 0.2) is 0 Å². The van der Waals surface area contributed by atoms with Gasteiger partial charge in [-0.15, -0.1) is 0 Å². The van der Waals surface area contributed by atoms with Crippen LogP contribution in [0.5, 0.6) is 0 Å². The van der Waals surface area contributed by atoms with Crippen molar-refractivity contribution in [2.45, 2.75) is 13.8 Å². The zero-order valence-electron chi connectivity index (χ0n) is 5.14. The summed E-state index contributed by atoms with van der Waals surface area (Å²) in [5, 5.41) is 0. The molecule has 0 rings (SSSR count). The first kappa shape index (κ1) is 8.54. The average Bonchev–Trinajstić information content (AvgIpc) is 1.68. The van der Waals surface area contributed by atoms with E-state index in [1.165, 1.54) is 11.4 Å². The van der Waals surface area contributed by atoms with Crippen molar-refractivity contribution in [1.82, 2.24) is 0 Å². The van der Waals surface area contributed by atoms with E-state index in [2.05, 4.69) is 0 Å². The molecular weight excluding hydrogens is 143 g/mol. The second-order valence-corrected chi connectivity index (χ2v) is 4.64. The van der Waals surface area contributed by atoms with Crippen LogP contribution in [0.3, 0.4) is 0 Å². The molecule has 0 aromatic rings. The summed E-state index contributed by atoms with van der Waals surface area (Å²) in [5.74, 6) is 0.873. The summed E-state index contributed by atoms with van der Waals surface area (Å²) in [4.78, 5) is 0. The van der Waals surface area contributed by atoms with Gasteiger partial charge in [-0.25, -0.2) is 0 Å². The van der Waals surface area contributed by atoms with E-state index in [0.717, 1.165) is 5.75 Å². The van der Waals surface area contributed by atoms with Gasteiger partial charge in [-0.2, -0.15) is 0 Å². The molecule has 4 heteroatoms. The summed E-state index contributed by atoms with van der Waals surface area (Å²) in [5.41, 5.74) is 0. The van der Waals surface area contributed by atoms with Gasteiger partial charge in [0.05, 0.1) is 6.61 Å². The highest BCUT2D eigenvalue weighted by atomic mass is 32.7. The summed E-state index contributed by atoms with van der Waals surface area (Å²) < 4.78 is 15.4. The molecule has 0 heterocycles. The molecule has 0 radical (unpaired) electrons. The Morgan fingerprint density at radius 3 is 2.62 bits per heavy atom.